The van der Waals surface area contributed by atoms with E-state index in [4.69, 9.17) is 0 Å². The van der Waals surface area contributed by atoms with E-state index < -0.39 is 5.41 Å². The van der Waals surface area contributed by atoms with E-state index in [-0.39, 0.29) is 0 Å². The van der Waals surface area contributed by atoms with Crippen LogP contribution in [0.5, 0.6) is 0 Å². The van der Waals surface area contributed by atoms with Crippen molar-refractivity contribution in [1.29, 1.82) is 0 Å². The molecular formula is C59H40. The number of benzene rings is 10. The zero-order valence-corrected chi connectivity index (χ0v) is 32.6. The molecule has 0 aromatic heterocycles. The molecular weight excluding hydrogens is 709 g/mol. The zero-order valence-electron chi connectivity index (χ0n) is 32.6. The molecule has 0 bridgehead atoms. The fraction of sp³-hybridized carbons (Fsp3) is 0.0169. The summed E-state index contributed by atoms with van der Waals surface area (Å²) in [7, 11) is 0. The second kappa shape index (κ2) is 14.4. The number of hydrogen-bond acceptors (Lipinski definition) is 0. The molecule has 0 saturated carbocycles. The Bertz CT molecular complexity index is 3060. The van der Waals surface area contributed by atoms with Gasteiger partial charge < -0.3 is 0 Å². The summed E-state index contributed by atoms with van der Waals surface area (Å²) >= 11 is 0. The van der Waals surface area contributed by atoms with Gasteiger partial charge in [-0.15, -0.1) is 0 Å². The van der Waals surface area contributed by atoms with E-state index in [9.17, 15) is 0 Å². The highest BCUT2D eigenvalue weighted by molar-refractivity contribution is 6.21. The van der Waals surface area contributed by atoms with Crippen molar-refractivity contribution in [1.82, 2.24) is 0 Å². The lowest BCUT2D eigenvalue weighted by Crippen LogP contribution is -2.28. The normalized spacial score (nSPS) is 12.8. The maximum absolute atomic E-state index is 2.50. The van der Waals surface area contributed by atoms with E-state index in [1.807, 2.05) is 0 Å². The largest absolute Gasteiger partial charge is 0.0713 e. The van der Waals surface area contributed by atoms with E-state index in [1.54, 1.807) is 0 Å². The molecule has 276 valence electrons. The number of hydrogen-bond donors (Lipinski definition) is 0. The average molecular weight is 749 g/mol. The van der Waals surface area contributed by atoms with Gasteiger partial charge in [0.2, 0.25) is 0 Å². The van der Waals surface area contributed by atoms with Crippen LogP contribution >= 0.6 is 0 Å². The van der Waals surface area contributed by atoms with Crippen LogP contribution in [0.25, 0.3) is 78.2 Å². The summed E-state index contributed by atoms with van der Waals surface area (Å²) < 4.78 is 0. The van der Waals surface area contributed by atoms with Gasteiger partial charge in [0.1, 0.15) is 0 Å². The molecule has 0 unspecified atom stereocenters. The van der Waals surface area contributed by atoms with Gasteiger partial charge in [0.25, 0.3) is 0 Å². The van der Waals surface area contributed by atoms with Crippen LogP contribution in [0.1, 0.15) is 33.4 Å². The molecule has 59 heavy (non-hydrogen) atoms. The predicted octanol–water partition coefficient (Wildman–Crippen LogP) is 15.5. The molecule has 11 rings (SSSR count). The lowest BCUT2D eigenvalue weighted by atomic mass is 9.67. The van der Waals surface area contributed by atoms with Crippen molar-refractivity contribution >= 4 is 33.7 Å². The van der Waals surface area contributed by atoms with Gasteiger partial charge in [-0.1, -0.05) is 237 Å². The summed E-state index contributed by atoms with van der Waals surface area (Å²) in [6.07, 6.45) is 4.40. The third-order valence-electron chi connectivity index (χ3n) is 12.4. The maximum atomic E-state index is 2.50. The highest BCUT2D eigenvalue weighted by atomic mass is 14.5. The van der Waals surface area contributed by atoms with Crippen LogP contribution in [-0.2, 0) is 5.41 Å². The van der Waals surface area contributed by atoms with Crippen molar-refractivity contribution in [3.8, 4) is 44.5 Å². The molecule has 10 aromatic rings. The molecule has 0 heteroatoms. The van der Waals surface area contributed by atoms with Crippen molar-refractivity contribution in [3.05, 3.63) is 264 Å². The molecule has 1 aliphatic rings. The van der Waals surface area contributed by atoms with Crippen LogP contribution in [0.4, 0.5) is 0 Å². The Morgan fingerprint density at radius 2 is 0.661 bits per heavy atom. The van der Waals surface area contributed by atoms with Crippen LogP contribution in [0.3, 0.4) is 0 Å². The Morgan fingerprint density at radius 1 is 0.271 bits per heavy atom. The predicted molar refractivity (Wildman–Crippen MR) is 250 cm³/mol. The SMILES string of the molecule is C(=C\c1ccc(-c2c3ccccc3c(-c3ccc4c(c3)C(c3ccccc3)(c3ccccc3)c3ccccc3-4)c3ccccc23)cc1)/c1ccc(-c2ccccc2)cc1. The molecule has 1 aliphatic carbocycles. The van der Waals surface area contributed by atoms with E-state index in [1.165, 1.54) is 99.4 Å². The highest BCUT2D eigenvalue weighted by Gasteiger charge is 2.46. The summed E-state index contributed by atoms with van der Waals surface area (Å²) in [6, 6.07) is 84.7. The Hall–Kier alpha value is -7.54. The van der Waals surface area contributed by atoms with Crippen LogP contribution in [-0.4, -0.2) is 0 Å². The molecule has 0 aliphatic heterocycles. The molecule has 0 spiro atoms. The van der Waals surface area contributed by atoms with E-state index >= 15 is 0 Å². The Labute approximate surface area is 346 Å². The standard InChI is InChI=1S/C59H40/c1-4-16-43(17-5-1)44-34-30-41(31-35-44)28-29-42-32-36-45(37-33-42)57-51-23-10-12-25-53(51)58(54-26-13-11-24-52(54)57)46-38-39-50-49-22-14-15-27-55(49)59(56(50)40-46,47-18-6-2-7-19-47)48-20-8-3-9-21-48/h1-40H/b29-28+. The zero-order chi connectivity index (χ0) is 39.2. The van der Waals surface area contributed by atoms with Gasteiger partial charge in [-0.3, -0.25) is 0 Å². The summed E-state index contributed by atoms with van der Waals surface area (Å²) in [6.45, 7) is 0. The van der Waals surface area contributed by atoms with E-state index in [0.29, 0.717) is 0 Å². The van der Waals surface area contributed by atoms with Gasteiger partial charge in [-0.05, 0) is 105 Å². The third kappa shape index (κ3) is 5.76. The fourth-order valence-corrected chi connectivity index (χ4v) is 9.72. The molecule has 0 N–H and O–H groups in total. The van der Waals surface area contributed by atoms with Gasteiger partial charge in [0.05, 0.1) is 5.41 Å². The van der Waals surface area contributed by atoms with Crippen LogP contribution in [0.2, 0.25) is 0 Å². The van der Waals surface area contributed by atoms with Crippen LogP contribution in [0, 0.1) is 0 Å². The molecule has 0 heterocycles. The van der Waals surface area contributed by atoms with Gasteiger partial charge in [0, 0.05) is 0 Å². The summed E-state index contributed by atoms with van der Waals surface area (Å²) in [5, 5.41) is 5.02. The van der Waals surface area contributed by atoms with Gasteiger partial charge in [-0.25, -0.2) is 0 Å². The van der Waals surface area contributed by atoms with Crippen molar-refractivity contribution in [2.45, 2.75) is 5.41 Å². The first-order valence-corrected chi connectivity index (χ1v) is 20.5. The lowest BCUT2D eigenvalue weighted by Gasteiger charge is -2.34. The minimum atomic E-state index is -0.461. The molecule has 0 amide bonds. The summed E-state index contributed by atoms with van der Waals surface area (Å²) in [5.74, 6) is 0. The summed E-state index contributed by atoms with van der Waals surface area (Å²) in [5.41, 5.74) is 17.1. The second-order valence-electron chi connectivity index (χ2n) is 15.6. The first kappa shape index (κ1) is 34.7. The topological polar surface area (TPSA) is 0 Å². The Kier molecular flexibility index (Phi) is 8.49. The Balaban J connectivity index is 1.04. The fourth-order valence-electron chi connectivity index (χ4n) is 9.72. The lowest BCUT2D eigenvalue weighted by molar-refractivity contribution is 0.769. The molecule has 0 atom stereocenters. The van der Waals surface area contributed by atoms with Gasteiger partial charge >= 0.3 is 0 Å². The maximum Gasteiger partial charge on any atom is 0.0713 e. The van der Waals surface area contributed by atoms with Crippen LogP contribution in [0.15, 0.2) is 231 Å². The average Bonchev–Trinajstić information content (AvgIpc) is 3.61. The smallest absolute Gasteiger partial charge is 0.0622 e. The minimum absolute atomic E-state index is 0.461. The molecule has 0 nitrogen and oxygen atoms in total. The molecule has 0 saturated heterocycles. The molecule has 0 fully saturated rings. The van der Waals surface area contributed by atoms with Crippen molar-refractivity contribution < 1.29 is 0 Å². The quantitative estimate of drug-likeness (QED) is 0.112. The number of fused-ring (bicyclic) bond motifs is 5. The Morgan fingerprint density at radius 3 is 1.20 bits per heavy atom. The van der Waals surface area contributed by atoms with Crippen molar-refractivity contribution in [2.75, 3.05) is 0 Å². The van der Waals surface area contributed by atoms with Gasteiger partial charge in [0.15, 0.2) is 0 Å². The molecule has 0 radical (unpaired) electrons. The first-order valence-electron chi connectivity index (χ1n) is 20.5. The van der Waals surface area contributed by atoms with Gasteiger partial charge in [-0.2, -0.15) is 0 Å². The second-order valence-corrected chi connectivity index (χ2v) is 15.6. The third-order valence-corrected chi connectivity index (χ3v) is 12.4. The van der Waals surface area contributed by atoms with Crippen molar-refractivity contribution in [2.24, 2.45) is 0 Å². The monoisotopic (exact) mass is 748 g/mol. The first-order chi connectivity index (χ1) is 29.3. The molecule has 10 aromatic carbocycles. The highest BCUT2D eigenvalue weighted by Crippen LogP contribution is 2.57. The number of rotatable bonds is 7. The van der Waals surface area contributed by atoms with Crippen molar-refractivity contribution in [3.63, 3.8) is 0 Å². The van der Waals surface area contributed by atoms with E-state index in [0.717, 1.165) is 0 Å². The van der Waals surface area contributed by atoms with E-state index in [2.05, 4.69) is 243 Å². The van der Waals surface area contributed by atoms with Crippen LogP contribution < -0.4 is 0 Å². The summed E-state index contributed by atoms with van der Waals surface area (Å²) in [4.78, 5) is 0. The minimum Gasteiger partial charge on any atom is -0.0622 e.